The molecule has 36 heavy (non-hydrogen) atoms. The zero-order valence-electron chi connectivity index (χ0n) is 21.1. The molecule has 1 aliphatic heterocycles. The van der Waals surface area contributed by atoms with Crippen LogP contribution in [0.15, 0.2) is 135 Å². The molecule has 0 N–H and O–H groups in total. The van der Waals surface area contributed by atoms with Crippen LogP contribution in [0.25, 0.3) is 11.4 Å². The molecular weight excluding hydrogens is 444 g/mol. The van der Waals surface area contributed by atoms with Gasteiger partial charge in [-0.3, -0.25) is 0 Å². The number of hydrogen-bond donors (Lipinski definition) is 0. The average molecular weight is 478 g/mol. The van der Waals surface area contributed by atoms with E-state index in [4.69, 9.17) is 0 Å². The predicted molar refractivity (Wildman–Crippen MR) is 143 cm³/mol. The van der Waals surface area contributed by atoms with Crippen molar-refractivity contribution >= 4 is 5.69 Å². The van der Waals surface area contributed by atoms with Crippen LogP contribution in [0.5, 0.6) is 0 Å². The Hall–Kier alpha value is -4.58. The summed E-state index contributed by atoms with van der Waals surface area (Å²) in [6.45, 7) is 0.948. The number of benzene rings is 3. The molecule has 0 fully saturated rings. The third kappa shape index (κ3) is 6.96. The summed E-state index contributed by atoms with van der Waals surface area (Å²) in [6, 6.07) is 30.8. The van der Waals surface area contributed by atoms with E-state index in [9.17, 15) is 0 Å². The Morgan fingerprint density at radius 1 is 0.694 bits per heavy atom. The van der Waals surface area contributed by atoms with E-state index in [0.717, 1.165) is 12.4 Å². The molecule has 0 saturated heterocycles. The molecule has 0 spiro atoms. The summed E-state index contributed by atoms with van der Waals surface area (Å²) >= 11 is 0. The maximum Gasteiger partial charge on any atom is 0.248 e. The van der Waals surface area contributed by atoms with E-state index in [0.29, 0.717) is 0 Å². The number of rotatable bonds is 3. The van der Waals surface area contributed by atoms with Crippen LogP contribution in [0.3, 0.4) is 0 Å². The molecule has 0 unspecified atom stereocenters. The number of hydrogen-bond acceptors (Lipinski definition) is 2. The van der Waals surface area contributed by atoms with Crippen molar-refractivity contribution in [2.45, 2.75) is 0 Å². The fourth-order valence-electron chi connectivity index (χ4n) is 3.65. The van der Waals surface area contributed by atoms with Gasteiger partial charge < -0.3 is 18.9 Å². The topological polar surface area (TPSA) is 24.1 Å². The quantitative estimate of drug-likeness (QED) is 0.286. The summed E-state index contributed by atoms with van der Waals surface area (Å²) in [5.74, 6) is 0. The van der Waals surface area contributed by atoms with Crippen LogP contribution < -0.4 is 14.0 Å². The summed E-state index contributed by atoms with van der Waals surface area (Å²) in [6.07, 6.45) is 17.3. The van der Waals surface area contributed by atoms with Crippen molar-refractivity contribution in [3.8, 4) is 11.4 Å². The van der Waals surface area contributed by atoms with Gasteiger partial charge in [0.05, 0.1) is 26.5 Å². The Kier molecular flexibility index (Phi) is 8.33. The van der Waals surface area contributed by atoms with Crippen LogP contribution >= 0.6 is 0 Å². The van der Waals surface area contributed by atoms with Crippen molar-refractivity contribution < 1.29 is 9.13 Å². The summed E-state index contributed by atoms with van der Waals surface area (Å²) in [5, 5.41) is 0. The standard InChI is InChI=1S/C10H12N2.C10H11N2.C10H10N2/c3*1-11-7-8-12(9-11)10-5-3-2-4-6-10/h2-8H,9H2,1H3;2-9H,1H3;2-8H,1H3/q;+1;. The molecule has 0 radical (unpaired) electrons. The van der Waals surface area contributed by atoms with E-state index in [1.54, 1.807) is 0 Å². The summed E-state index contributed by atoms with van der Waals surface area (Å²) in [4.78, 5) is 4.35. The molecule has 3 aromatic carbocycles. The first-order valence-electron chi connectivity index (χ1n) is 11.9. The fourth-order valence-corrected chi connectivity index (χ4v) is 3.65. The lowest BCUT2D eigenvalue weighted by Gasteiger charge is -2.17. The van der Waals surface area contributed by atoms with Crippen molar-refractivity contribution in [3.63, 3.8) is 0 Å². The van der Waals surface area contributed by atoms with Crippen molar-refractivity contribution in [2.75, 3.05) is 18.6 Å². The van der Waals surface area contributed by atoms with Gasteiger partial charge in [0.2, 0.25) is 12.7 Å². The second-order valence-electron chi connectivity index (χ2n) is 8.54. The van der Waals surface area contributed by atoms with Gasteiger partial charge in [-0.2, -0.15) is 0 Å². The highest BCUT2D eigenvalue weighted by Crippen LogP contribution is 2.17. The third-order valence-corrected chi connectivity index (χ3v) is 5.53. The van der Waals surface area contributed by atoms with Crippen molar-refractivity contribution in [3.05, 3.63) is 141 Å². The minimum atomic E-state index is 0.948. The number of anilines is 1. The van der Waals surface area contributed by atoms with E-state index in [1.165, 1.54) is 11.4 Å². The van der Waals surface area contributed by atoms with Crippen LogP contribution in [-0.2, 0) is 14.1 Å². The molecule has 6 nitrogen and oxygen atoms in total. The lowest BCUT2D eigenvalue weighted by Crippen LogP contribution is -2.27. The minimum Gasteiger partial charge on any atom is -0.361 e. The number of aryl methyl sites for hydroxylation is 2. The first-order chi connectivity index (χ1) is 17.6. The van der Waals surface area contributed by atoms with Gasteiger partial charge in [0.1, 0.15) is 18.1 Å². The smallest absolute Gasteiger partial charge is 0.248 e. The highest BCUT2D eigenvalue weighted by atomic mass is 15.3. The zero-order chi connectivity index (χ0) is 25.2. The number of aromatic nitrogens is 4. The predicted octanol–water partition coefficient (Wildman–Crippen LogP) is 4.27. The SMILES string of the molecule is CN1C=CN(c2ccccc2)C1.C[n+]1ccn(-c2ccccc2)c1.Cn1[c-][n+](-c2ccccc2)cc1. The fraction of sp³-hybridized carbons (Fsp3) is 0.133. The van der Waals surface area contributed by atoms with Crippen molar-refractivity contribution in [2.24, 2.45) is 14.1 Å². The molecule has 0 aliphatic carbocycles. The maximum atomic E-state index is 3.13. The molecule has 3 heterocycles. The molecule has 6 rings (SSSR count). The minimum absolute atomic E-state index is 0.948. The first kappa shape index (κ1) is 24.5. The van der Waals surface area contributed by atoms with Gasteiger partial charge in [-0.25, -0.2) is 9.13 Å². The second kappa shape index (κ2) is 12.2. The van der Waals surface area contributed by atoms with Gasteiger partial charge in [-0.1, -0.05) is 66.7 Å². The number of nitrogens with zero attached hydrogens (tertiary/aromatic N) is 6. The highest BCUT2D eigenvalue weighted by Gasteiger charge is 2.08. The number of para-hydroxylation sites is 3. The van der Waals surface area contributed by atoms with E-state index < -0.39 is 0 Å². The monoisotopic (exact) mass is 477 g/mol. The normalized spacial score (nSPS) is 12.0. The van der Waals surface area contributed by atoms with Gasteiger partial charge in [0.15, 0.2) is 0 Å². The Morgan fingerprint density at radius 2 is 1.31 bits per heavy atom. The Balaban J connectivity index is 0.000000127. The van der Waals surface area contributed by atoms with Crippen LogP contribution in [-0.4, -0.2) is 27.8 Å². The van der Waals surface area contributed by atoms with E-state index in [1.807, 2.05) is 101 Å². The van der Waals surface area contributed by atoms with Crippen LogP contribution in [0.2, 0.25) is 0 Å². The van der Waals surface area contributed by atoms with Gasteiger partial charge >= 0.3 is 0 Å². The van der Waals surface area contributed by atoms with Gasteiger partial charge in [-0.05, 0) is 24.3 Å². The Morgan fingerprint density at radius 3 is 1.81 bits per heavy atom. The van der Waals surface area contributed by atoms with E-state index in [-0.39, 0.29) is 0 Å². The van der Waals surface area contributed by atoms with Crippen molar-refractivity contribution in [1.29, 1.82) is 0 Å². The lowest BCUT2D eigenvalue weighted by atomic mass is 10.3. The van der Waals surface area contributed by atoms with Crippen molar-refractivity contribution in [1.82, 2.24) is 14.0 Å². The van der Waals surface area contributed by atoms with E-state index >= 15 is 0 Å². The molecule has 1 aliphatic rings. The molecule has 5 aromatic rings. The third-order valence-electron chi connectivity index (χ3n) is 5.53. The molecular formula is C30H33N6+. The Bertz CT molecular complexity index is 1260. The molecule has 2 aromatic heterocycles. The largest absolute Gasteiger partial charge is 0.361 e. The van der Waals surface area contributed by atoms with Crippen LogP contribution in [0, 0.1) is 6.33 Å². The molecule has 0 saturated carbocycles. The Labute approximate surface area is 213 Å². The molecule has 0 amide bonds. The van der Waals surface area contributed by atoms with E-state index in [2.05, 4.69) is 88.7 Å². The maximum absolute atomic E-state index is 3.13. The summed E-state index contributed by atoms with van der Waals surface area (Å²) < 4.78 is 7.96. The average Bonchev–Trinajstić information content (AvgIpc) is 3.68. The molecule has 6 heteroatoms. The lowest BCUT2D eigenvalue weighted by molar-refractivity contribution is -0.670. The number of imidazole rings is 2. The molecule has 0 bridgehead atoms. The van der Waals surface area contributed by atoms with Gasteiger partial charge in [0, 0.05) is 37.5 Å². The van der Waals surface area contributed by atoms with Crippen LogP contribution in [0.4, 0.5) is 5.69 Å². The van der Waals surface area contributed by atoms with Gasteiger partial charge in [0.25, 0.3) is 0 Å². The molecule has 0 atom stereocenters. The summed E-state index contributed by atoms with van der Waals surface area (Å²) in [7, 11) is 6.04. The van der Waals surface area contributed by atoms with Crippen LogP contribution in [0.1, 0.15) is 0 Å². The van der Waals surface area contributed by atoms with Gasteiger partial charge in [-0.15, -0.1) is 0 Å². The highest BCUT2D eigenvalue weighted by molar-refractivity contribution is 5.49. The molecule has 182 valence electrons. The zero-order valence-corrected chi connectivity index (χ0v) is 21.1. The first-order valence-corrected chi connectivity index (χ1v) is 11.9. The second-order valence-corrected chi connectivity index (χ2v) is 8.54. The summed E-state index contributed by atoms with van der Waals surface area (Å²) in [5.41, 5.74) is 3.58.